The van der Waals surface area contributed by atoms with Crippen LogP contribution in [-0.4, -0.2) is 38.7 Å². The van der Waals surface area contributed by atoms with Crippen LogP contribution in [0.1, 0.15) is 19.2 Å². The number of fused-ring (bicyclic) bond motifs is 1. The minimum absolute atomic E-state index is 0.329. The number of carbonyl (C=O) groups excluding carboxylic acids is 1. The zero-order valence-corrected chi connectivity index (χ0v) is 12.4. The van der Waals surface area contributed by atoms with E-state index in [9.17, 15) is 9.59 Å². The van der Waals surface area contributed by atoms with E-state index in [1.807, 2.05) is 24.3 Å². The summed E-state index contributed by atoms with van der Waals surface area (Å²) < 4.78 is 0. The SMILES string of the molecule is CC(=O)NC(CCSCc1nc2ccccc2[nH]1)C(=O)O. The molecule has 0 fully saturated rings. The fourth-order valence-electron chi connectivity index (χ4n) is 1.95. The number of para-hydroxylation sites is 2. The van der Waals surface area contributed by atoms with Crippen LogP contribution in [0.15, 0.2) is 24.3 Å². The molecule has 0 spiro atoms. The Balaban J connectivity index is 1.80. The lowest BCUT2D eigenvalue weighted by Gasteiger charge is -2.12. The number of carbonyl (C=O) groups is 2. The summed E-state index contributed by atoms with van der Waals surface area (Å²) in [6.45, 7) is 1.32. The van der Waals surface area contributed by atoms with Crippen molar-refractivity contribution in [1.82, 2.24) is 15.3 Å². The first-order chi connectivity index (χ1) is 10.1. The monoisotopic (exact) mass is 307 g/mol. The fraction of sp³-hybridized carbons (Fsp3) is 0.357. The molecule has 112 valence electrons. The van der Waals surface area contributed by atoms with E-state index in [1.165, 1.54) is 6.92 Å². The van der Waals surface area contributed by atoms with E-state index >= 15 is 0 Å². The maximum Gasteiger partial charge on any atom is 0.326 e. The van der Waals surface area contributed by atoms with E-state index in [0.29, 0.717) is 17.9 Å². The van der Waals surface area contributed by atoms with Gasteiger partial charge in [-0.2, -0.15) is 11.8 Å². The average Bonchev–Trinajstić information content (AvgIpc) is 2.84. The van der Waals surface area contributed by atoms with Crippen molar-refractivity contribution in [3.8, 4) is 0 Å². The number of aromatic nitrogens is 2. The zero-order chi connectivity index (χ0) is 15.2. The number of amides is 1. The molecule has 21 heavy (non-hydrogen) atoms. The van der Waals surface area contributed by atoms with Gasteiger partial charge in [-0.15, -0.1) is 0 Å². The number of imidazole rings is 1. The van der Waals surface area contributed by atoms with Crippen molar-refractivity contribution in [2.24, 2.45) is 0 Å². The number of aromatic amines is 1. The molecule has 6 nitrogen and oxygen atoms in total. The van der Waals surface area contributed by atoms with Crippen LogP contribution >= 0.6 is 11.8 Å². The van der Waals surface area contributed by atoms with Crippen LogP contribution in [0.4, 0.5) is 0 Å². The van der Waals surface area contributed by atoms with Gasteiger partial charge in [-0.05, 0) is 24.3 Å². The van der Waals surface area contributed by atoms with Crippen molar-refractivity contribution in [3.63, 3.8) is 0 Å². The summed E-state index contributed by atoms with van der Waals surface area (Å²) in [5.74, 6) is 0.849. The molecular weight excluding hydrogens is 290 g/mol. The number of hydrogen-bond donors (Lipinski definition) is 3. The molecule has 0 radical (unpaired) electrons. The lowest BCUT2D eigenvalue weighted by Crippen LogP contribution is -2.39. The van der Waals surface area contributed by atoms with Gasteiger partial charge in [0.2, 0.25) is 5.91 Å². The molecule has 0 bridgehead atoms. The topological polar surface area (TPSA) is 95.1 Å². The van der Waals surface area contributed by atoms with E-state index < -0.39 is 12.0 Å². The molecule has 0 aliphatic carbocycles. The summed E-state index contributed by atoms with van der Waals surface area (Å²) >= 11 is 1.59. The Bertz CT molecular complexity index is 608. The van der Waals surface area contributed by atoms with Gasteiger partial charge in [-0.25, -0.2) is 9.78 Å². The van der Waals surface area contributed by atoms with Crippen LogP contribution in [0.25, 0.3) is 11.0 Å². The summed E-state index contributed by atoms with van der Waals surface area (Å²) in [7, 11) is 0. The van der Waals surface area contributed by atoms with Gasteiger partial charge in [0.25, 0.3) is 0 Å². The van der Waals surface area contributed by atoms with Crippen molar-refractivity contribution < 1.29 is 14.7 Å². The van der Waals surface area contributed by atoms with Gasteiger partial charge < -0.3 is 15.4 Å². The number of thioether (sulfide) groups is 1. The second-order valence-corrected chi connectivity index (χ2v) is 5.74. The Hall–Kier alpha value is -2.02. The second-order valence-electron chi connectivity index (χ2n) is 4.63. The van der Waals surface area contributed by atoms with E-state index in [-0.39, 0.29) is 5.91 Å². The van der Waals surface area contributed by atoms with E-state index in [4.69, 9.17) is 5.11 Å². The maximum atomic E-state index is 11.0. The molecule has 0 saturated carbocycles. The standard InChI is InChI=1S/C14H17N3O3S/c1-9(18)15-12(14(19)20)6-7-21-8-13-16-10-4-2-3-5-11(10)17-13/h2-5,12H,6-8H2,1H3,(H,15,18)(H,16,17)(H,19,20). The van der Waals surface area contributed by atoms with Gasteiger partial charge in [0.15, 0.2) is 0 Å². The first-order valence-electron chi connectivity index (χ1n) is 6.57. The normalized spacial score (nSPS) is 12.2. The third-order valence-electron chi connectivity index (χ3n) is 2.90. The quantitative estimate of drug-likeness (QED) is 0.678. The highest BCUT2D eigenvalue weighted by molar-refractivity contribution is 7.98. The van der Waals surface area contributed by atoms with Gasteiger partial charge in [0, 0.05) is 6.92 Å². The lowest BCUT2D eigenvalue weighted by atomic mass is 10.2. The van der Waals surface area contributed by atoms with Crippen molar-refractivity contribution >= 4 is 34.7 Å². The second kappa shape index (κ2) is 7.12. The third kappa shape index (κ3) is 4.49. The largest absolute Gasteiger partial charge is 0.480 e. The van der Waals surface area contributed by atoms with Gasteiger partial charge in [-0.3, -0.25) is 4.79 Å². The highest BCUT2D eigenvalue weighted by Gasteiger charge is 2.17. The summed E-state index contributed by atoms with van der Waals surface area (Å²) in [5.41, 5.74) is 1.92. The summed E-state index contributed by atoms with van der Waals surface area (Å²) in [6.07, 6.45) is 0.389. The fourth-order valence-corrected chi connectivity index (χ4v) is 2.82. The molecule has 0 aliphatic rings. The first-order valence-corrected chi connectivity index (χ1v) is 7.73. The van der Waals surface area contributed by atoms with Gasteiger partial charge >= 0.3 is 5.97 Å². The molecule has 1 heterocycles. The Morgan fingerprint density at radius 1 is 1.43 bits per heavy atom. The van der Waals surface area contributed by atoms with Gasteiger partial charge in [0.05, 0.1) is 16.8 Å². The smallest absolute Gasteiger partial charge is 0.326 e. The molecule has 1 atom stereocenters. The summed E-state index contributed by atoms with van der Waals surface area (Å²) in [6, 6.07) is 6.96. The number of nitrogens with zero attached hydrogens (tertiary/aromatic N) is 1. The predicted molar refractivity (Wildman–Crippen MR) is 82.1 cm³/mol. The molecule has 2 rings (SSSR count). The van der Waals surface area contributed by atoms with Crippen LogP contribution in [0.5, 0.6) is 0 Å². The molecule has 1 aromatic heterocycles. The molecule has 1 aromatic carbocycles. The van der Waals surface area contributed by atoms with Crippen LogP contribution in [-0.2, 0) is 15.3 Å². The number of hydrogen-bond acceptors (Lipinski definition) is 4. The molecule has 7 heteroatoms. The molecule has 3 N–H and O–H groups in total. The number of H-pyrrole nitrogens is 1. The maximum absolute atomic E-state index is 11.0. The average molecular weight is 307 g/mol. The Morgan fingerprint density at radius 3 is 2.86 bits per heavy atom. The van der Waals surface area contributed by atoms with Crippen molar-refractivity contribution in [1.29, 1.82) is 0 Å². The molecular formula is C14H17N3O3S. The van der Waals surface area contributed by atoms with E-state index in [0.717, 1.165) is 16.9 Å². The summed E-state index contributed by atoms with van der Waals surface area (Å²) in [5, 5.41) is 11.4. The van der Waals surface area contributed by atoms with Gasteiger partial charge in [0.1, 0.15) is 11.9 Å². The summed E-state index contributed by atoms with van der Waals surface area (Å²) in [4.78, 5) is 29.6. The molecule has 1 unspecified atom stereocenters. The Kier molecular flexibility index (Phi) is 5.21. The molecule has 0 aliphatic heterocycles. The van der Waals surface area contributed by atoms with Crippen LogP contribution < -0.4 is 5.32 Å². The number of carboxylic acid groups (broad SMARTS) is 1. The minimum atomic E-state index is -1.01. The van der Waals surface area contributed by atoms with Gasteiger partial charge in [-0.1, -0.05) is 12.1 Å². The van der Waals surface area contributed by atoms with Crippen molar-refractivity contribution in [2.75, 3.05) is 5.75 Å². The van der Waals surface area contributed by atoms with E-state index in [2.05, 4.69) is 15.3 Å². The number of rotatable bonds is 7. The van der Waals surface area contributed by atoms with Crippen molar-refractivity contribution in [3.05, 3.63) is 30.1 Å². The molecule has 2 aromatic rings. The number of carboxylic acids is 1. The van der Waals surface area contributed by atoms with Crippen LogP contribution in [0.2, 0.25) is 0 Å². The highest BCUT2D eigenvalue weighted by Crippen LogP contribution is 2.16. The first kappa shape index (κ1) is 15.4. The Labute approximate surface area is 126 Å². The third-order valence-corrected chi connectivity index (χ3v) is 3.91. The molecule has 1 amide bonds. The van der Waals surface area contributed by atoms with E-state index in [1.54, 1.807) is 11.8 Å². The zero-order valence-electron chi connectivity index (χ0n) is 11.6. The minimum Gasteiger partial charge on any atom is -0.480 e. The predicted octanol–water partition coefficient (Wildman–Crippen LogP) is 1.78. The van der Waals surface area contributed by atoms with Crippen LogP contribution in [0.3, 0.4) is 0 Å². The number of benzene rings is 1. The Morgan fingerprint density at radius 2 is 2.19 bits per heavy atom. The molecule has 0 saturated heterocycles. The number of aliphatic carboxylic acids is 1. The highest BCUT2D eigenvalue weighted by atomic mass is 32.2. The van der Waals surface area contributed by atoms with Crippen molar-refractivity contribution in [2.45, 2.75) is 25.1 Å². The lowest BCUT2D eigenvalue weighted by molar-refractivity contribution is -0.141. The number of nitrogens with one attached hydrogen (secondary N) is 2. The van der Waals surface area contributed by atoms with Crippen LogP contribution in [0, 0.1) is 0 Å².